The molecule has 17 heavy (non-hydrogen) atoms. The Kier molecular flexibility index (Phi) is 8.37. The highest BCUT2D eigenvalue weighted by molar-refractivity contribution is 7.69. The van der Waals surface area contributed by atoms with Gasteiger partial charge in [0.2, 0.25) is 0 Å². The van der Waals surface area contributed by atoms with Crippen molar-refractivity contribution in [3.8, 4) is 0 Å². The Hall–Kier alpha value is -0.460. The molecule has 1 rings (SSSR count). The lowest BCUT2D eigenvalue weighted by atomic mass is 9.97. The first kappa shape index (κ1) is 16.5. The summed E-state index contributed by atoms with van der Waals surface area (Å²) in [6.45, 7) is -0.490. The van der Waals surface area contributed by atoms with Crippen molar-refractivity contribution in [2.75, 3.05) is 13.2 Å². The molecule has 7 nitrogen and oxygen atoms in total. The van der Waals surface area contributed by atoms with Gasteiger partial charge in [-0.3, -0.25) is 4.79 Å². The molecule has 1 amide bonds. The summed E-state index contributed by atoms with van der Waals surface area (Å²) in [4.78, 5) is 26.5. The van der Waals surface area contributed by atoms with Crippen molar-refractivity contribution in [1.82, 2.24) is 5.32 Å². The van der Waals surface area contributed by atoms with Gasteiger partial charge in [-0.05, 0) is 12.8 Å². The molecule has 0 heterocycles. The van der Waals surface area contributed by atoms with Gasteiger partial charge in [-0.1, -0.05) is 19.3 Å². The minimum absolute atomic E-state index is 0.149. The third kappa shape index (κ3) is 9.26. The molecular formula is C9H21N2O5P. The van der Waals surface area contributed by atoms with E-state index in [4.69, 9.17) is 20.6 Å². The van der Waals surface area contributed by atoms with E-state index in [9.17, 15) is 9.36 Å². The van der Waals surface area contributed by atoms with Crippen molar-refractivity contribution >= 4 is 13.2 Å². The molecule has 0 aromatic rings. The number of amides is 1. The summed E-state index contributed by atoms with van der Waals surface area (Å²) in [6, 6.07) is 0.536. The highest BCUT2D eigenvalue weighted by atomic mass is 31.2. The van der Waals surface area contributed by atoms with Crippen LogP contribution < -0.4 is 11.1 Å². The van der Waals surface area contributed by atoms with Crippen molar-refractivity contribution in [2.24, 2.45) is 5.73 Å². The average Bonchev–Trinajstić information content (AvgIpc) is 2.26. The van der Waals surface area contributed by atoms with Gasteiger partial charge in [0.1, 0.15) is 0 Å². The van der Waals surface area contributed by atoms with Crippen LogP contribution in [0.1, 0.15) is 32.1 Å². The van der Waals surface area contributed by atoms with Crippen molar-refractivity contribution in [3.63, 3.8) is 0 Å². The molecule has 1 saturated carbocycles. The van der Waals surface area contributed by atoms with Crippen molar-refractivity contribution in [2.45, 2.75) is 38.1 Å². The molecule has 102 valence electrons. The zero-order valence-corrected chi connectivity index (χ0v) is 10.6. The Morgan fingerprint density at radius 1 is 1.29 bits per heavy atom. The van der Waals surface area contributed by atoms with Crippen LogP contribution in [0.15, 0.2) is 0 Å². The van der Waals surface area contributed by atoms with Crippen LogP contribution in [0, 0.1) is 0 Å². The normalized spacial score (nSPS) is 16.9. The molecule has 1 fully saturated rings. The largest absolute Gasteiger partial charge is 0.413 e. The topological polar surface area (TPSA) is 133 Å². The van der Waals surface area contributed by atoms with Crippen LogP contribution in [0.5, 0.6) is 0 Å². The standard InChI is InChI=1S/C6H13N.C3H8NO5P/c7-6-4-2-1-3-5-6;5-2-1-4-3(6)10(7,8)9/h6H,1-5,7H2;5H,1-2H2,(H,4,6)(H2,7,8,9). The van der Waals surface area contributed by atoms with E-state index in [1.165, 1.54) is 32.1 Å². The number of hydrogen-bond donors (Lipinski definition) is 5. The fraction of sp³-hybridized carbons (Fsp3) is 0.889. The van der Waals surface area contributed by atoms with Gasteiger partial charge in [0.05, 0.1) is 6.61 Å². The van der Waals surface area contributed by atoms with E-state index in [1.807, 2.05) is 5.32 Å². The van der Waals surface area contributed by atoms with Crippen LogP contribution in [0.2, 0.25) is 0 Å². The first-order valence-electron chi connectivity index (χ1n) is 5.58. The van der Waals surface area contributed by atoms with Crippen LogP contribution >= 0.6 is 7.60 Å². The minimum Gasteiger partial charge on any atom is -0.395 e. The molecule has 0 spiro atoms. The van der Waals surface area contributed by atoms with Crippen molar-refractivity contribution < 1.29 is 24.3 Å². The molecule has 1 aliphatic rings. The highest BCUT2D eigenvalue weighted by Gasteiger charge is 2.24. The summed E-state index contributed by atoms with van der Waals surface area (Å²) < 4.78 is 10.0. The van der Waals surface area contributed by atoms with Gasteiger partial charge in [0.15, 0.2) is 0 Å². The third-order valence-corrected chi connectivity index (χ3v) is 2.99. The number of nitrogens with two attached hydrogens (primary N) is 1. The lowest BCUT2D eigenvalue weighted by Gasteiger charge is -2.15. The Bertz CT molecular complexity index is 262. The monoisotopic (exact) mass is 268 g/mol. The van der Waals surface area contributed by atoms with E-state index in [-0.39, 0.29) is 13.2 Å². The molecule has 1 aliphatic carbocycles. The van der Waals surface area contributed by atoms with E-state index >= 15 is 0 Å². The maximum Gasteiger partial charge on any atom is 0.413 e. The summed E-state index contributed by atoms with van der Waals surface area (Å²) in [6.07, 6.45) is 6.66. The number of carbonyl (C=O) groups excluding carboxylic acids is 1. The molecule has 0 aliphatic heterocycles. The van der Waals surface area contributed by atoms with Crippen LogP contribution in [-0.2, 0) is 4.57 Å². The molecule has 0 aromatic carbocycles. The molecule has 6 N–H and O–H groups in total. The lowest BCUT2D eigenvalue weighted by Crippen LogP contribution is -2.24. The number of hydrogen-bond acceptors (Lipinski definition) is 4. The Morgan fingerprint density at radius 2 is 1.82 bits per heavy atom. The number of aliphatic hydroxyl groups is 1. The summed E-state index contributed by atoms with van der Waals surface area (Å²) in [7, 11) is -4.65. The number of rotatable bonds is 3. The Labute approximate surface area is 101 Å². The van der Waals surface area contributed by atoms with Gasteiger partial charge in [0.25, 0.3) is 0 Å². The third-order valence-electron chi connectivity index (χ3n) is 2.30. The molecule has 0 aromatic heterocycles. The molecular weight excluding hydrogens is 247 g/mol. The first-order valence-corrected chi connectivity index (χ1v) is 7.19. The summed E-state index contributed by atoms with van der Waals surface area (Å²) in [5, 5.41) is 9.93. The first-order chi connectivity index (χ1) is 7.88. The van der Waals surface area contributed by atoms with E-state index in [2.05, 4.69) is 0 Å². The SMILES string of the molecule is NC1CCCCC1.O=C(NCCO)P(=O)(O)O. The zero-order valence-electron chi connectivity index (χ0n) is 9.71. The lowest BCUT2D eigenvalue weighted by molar-refractivity contribution is 0.242. The van der Waals surface area contributed by atoms with Gasteiger partial charge in [-0.25, -0.2) is 4.57 Å². The molecule has 0 atom stereocenters. The van der Waals surface area contributed by atoms with E-state index in [1.54, 1.807) is 0 Å². The smallest absolute Gasteiger partial charge is 0.395 e. The molecule has 0 saturated heterocycles. The van der Waals surface area contributed by atoms with Gasteiger partial charge < -0.3 is 25.9 Å². The molecule has 8 heteroatoms. The fourth-order valence-electron chi connectivity index (χ4n) is 1.40. The highest BCUT2D eigenvalue weighted by Crippen LogP contribution is 2.34. The summed E-state index contributed by atoms with van der Waals surface area (Å²) >= 11 is 0. The number of aliphatic hydroxyl groups excluding tert-OH is 1. The van der Waals surface area contributed by atoms with Crippen LogP contribution in [0.3, 0.4) is 0 Å². The van der Waals surface area contributed by atoms with Gasteiger partial charge >= 0.3 is 13.2 Å². The average molecular weight is 268 g/mol. The van der Waals surface area contributed by atoms with Crippen LogP contribution in [0.4, 0.5) is 4.79 Å². The summed E-state index contributed by atoms with van der Waals surface area (Å²) in [5.41, 5.74) is 4.28. The van der Waals surface area contributed by atoms with Crippen LogP contribution in [-0.4, -0.2) is 39.7 Å². The quantitative estimate of drug-likeness (QED) is 0.462. The van der Waals surface area contributed by atoms with E-state index in [0.717, 1.165) is 0 Å². The molecule has 0 radical (unpaired) electrons. The second kappa shape index (κ2) is 8.60. The maximum absolute atomic E-state index is 10.2. The molecule has 0 unspecified atom stereocenters. The van der Waals surface area contributed by atoms with E-state index in [0.29, 0.717) is 6.04 Å². The van der Waals surface area contributed by atoms with Crippen molar-refractivity contribution in [1.29, 1.82) is 0 Å². The predicted octanol–water partition coefficient (Wildman–Crippen LogP) is 0.144. The molecule has 0 bridgehead atoms. The second-order valence-electron chi connectivity index (χ2n) is 3.90. The van der Waals surface area contributed by atoms with E-state index < -0.39 is 13.2 Å². The van der Waals surface area contributed by atoms with Gasteiger partial charge in [-0.2, -0.15) is 0 Å². The fourth-order valence-corrected chi connectivity index (χ4v) is 1.72. The number of carbonyl (C=O) groups is 1. The maximum atomic E-state index is 10.2. The minimum atomic E-state index is -4.65. The van der Waals surface area contributed by atoms with Gasteiger partial charge in [-0.15, -0.1) is 0 Å². The Morgan fingerprint density at radius 3 is 2.12 bits per heavy atom. The van der Waals surface area contributed by atoms with Crippen molar-refractivity contribution in [3.05, 3.63) is 0 Å². The summed E-state index contributed by atoms with van der Waals surface area (Å²) in [5.74, 6) is 0. The zero-order chi connectivity index (χ0) is 13.3. The van der Waals surface area contributed by atoms with Gasteiger partial charge in [0, 0.05) is 12.6 Å². The Balaban J connectivity index is 0.000000318. The predicted molar refractivity (Wildman–Crippen MR) is 63.6 cm³/mol. The second-order valence-corrected chi connectivity index (χ2v) is 5.39. The van der Waals surface area contributed by atoms with Crippen LogP contribution in [0.25, 0.3) is 0 Å². The number of nitrogens with one attached hydrogen (secondary N) is 1.